The number of hydrogen-bond donors (Lipinski definition) is 1. The zero-order valence-electron chi connectivity index (χ0n) is 11.2. The maximum Gasteiger partial charge on any atom is 0.314 e. The van der Waals surface area contributed by atoms with Gasteiger partial charge in [-0.05, 0) is 36.0 Å². The SMILES string of the molecule is O=C(O)C1(c2cccc3c2COCC3)CCCCC1. The average Bonchev–Trinajstić information content (AvgIpc) is 2.47. The molecule has 0 atom stereocenters. The number of carboxylic acid groups (broad SMARTS) is 1. The first kappa shape index (κ1) is 12.7. The summed E-state index contributed by atoms with van der Waals surface area (Å²) in [6.07, 6.45) is 5.60. The molecule has 1 N–H and O–H groups in total. The molecule has 0 saturated heterocycles. The van der Waals surface area contributed by atoms with E-state index in [9.17, 15) is 9.90 Å². The van der Waals surface area contributed by atoms with Gasteiger partial charge in [-0.2, -0.15) is 0 Å². The largest absolute Gasteiger partial charge is 0.481 e. The van der Waals surface area contributed by atoms with E-state index in [0.29, 0.717) is 6.61 Å². The number of rotatable bonds is 2. The van der Waals surface area contributed by atoms with Crippen LogP contribution in [0.25, 0.3) is 0 Å². The van der Waals surface area contributed by atoms with Gasteiger partial charge in [-0.3, -0.25) is 4.79 Å². The predicted molar refractivity (Wildman–Crippen MR) is 72.2 cm³/mol. The van der Waals surface area contributed by atoms with Crippen molar-refractivity contribution in [3.8, 4) is 0 Å². The van der Waals surface area contributed by atoms with E-state index in [0.717, 1.165) is 56.3 Å². The molecule has 1 aromatic carbocycles. The molecular formula is C16H20O3. The molecule has 19 heavy (non-hydrogen) atoms. The molecule has 0 radical (unpaired) electrons. The van der Waals surface area contributed by atoms with Crippen LogP contribution >= 0.6 is 0 Å². The van der Waals surface area contributed by atoms with Crippen LogP contribution in [0.3, 0.4) is 0 Å². The predicted octanol–water partition coefficient (Wildman–Crippen LogP) is 3.05. The summed E-state index contributed by atoms with van der Waals surface area (Å²) in [6.45, 7) is 1.32. The Kier molecular flexibility index (Phi) is 3.31. The van der Waals surface area contributed by atoms with Crippen LogP contribution in [-0.4, -0.2) is 17.7 Å². The Bertz CT molecular complexity index is 487. The number of ether oxygens (including phenoxy) is 1. The topological polar surface area (TPSA) is 46.5 Å². The summed E-state index contributed by atoms with van der Waals surface area (Å²) in [5.41, 5.74) is 2.74. The van der Waals surface area contributed by atoms with E-state index >= 15 is 0 Å². The molecule has 3 heteroatoms. The van der Waals surface area contributed by atoms with Crippen LogP contribution in [0.5, 0.6) is 0 Å². The Morgan fingerprint density at radius 2 is 2.00 bits per heavy atom. The average molecular weight is 260 g/mol. The van der Waals surface area contributed by atoms with Gasteiger partial charge in [-0.1, -0.05) is 37.5 Å². The van der Waals surface area contributed by atoms with E-state index in [1.54, 1.807) is 0 Å². The highest BCUT2D eigenvalue weighted by Gasteiger charge is 2.43. The molecule has 3 rings (SSSR count). The Morgan fingerprint density at radius 3 is 2.74 bits per heavy atom. The van der Waals surface area contributed by atoms with Gasteiger partial charge in [0.1, 0.15) is 0 Å². The summed E-state index contributed by atoms with van der Waals surface area (Å²) in [7, 11) is 0. The zero-order chi connectivity index (χ0) is 13.3. The molecular weight excluding hydrogens is 240 g/mol. The van der Waals surface area contributed by atoms with Crippen molar-refractivity contribution < 1.29 is 14.6 Å². The van der Waals surface area contributed by atoms with Gasteiger partial charge in [0, 0.05) is 0 Å². The fourth-order valence-electron chi connectivity index (χ4n) is 3.60. The third-order valence-electron chi connectivity index (χ3n) is 4.67. The lowest BCUT2D eigenvalue weighted by Crippen LogP contribution is -2.39. The Labute approximate surface area is 113 Å². The monoisotopic (exact) mass is 260 g/mol. The van der Waals surface area contributed by atoms with Crippen molar-refractivity contribution in [3.05, 3.63) is 34.9 Å². The first-order valence-electron chi connectivity index (χ1n) is 7.16. The maximum atomic E-state index is 11.9. The number of carbonyl (C=O) groups is 1. The molecule has 0 aromatic heterocycles. The second kappa shape index (κ2) is 4.97. The normalized spacial score (nSPS) is 21.7. The number of aliphatic carboxylic acids is 1. The van der Waals surface area contributed by atoms with Crippen molar-refractivity contribution in [1.29, 1.82) is 0 Å². The van der Waals surface area contributed by atoms with E-state index in [4.69, 9.17) is 4.74 Å². The van der Waals surface area contributed by atoms with Gasteiger partial charge in [0.15, 0.2) is 0 Å². The smallest absolute Gasteiger partial charge is 0.314 e. The zero-order valence-corrected chi connectivity index (χ0v) is 11.2. The fraction of sp³-hybridized carbons (Fsp3) is 0.562. The summed E-state index contributed by atoms with van der Waals surface area (Å²) in [5.74, 6) is -0.661. The lowest BCUT2D eigenvalue weighted by Gasteiger charge is -2.36. The van der Waals surface area contributed by atoms with E-state index in [-0.39, 0.29) is 0 Å². The molecule has 0 unspecified atom stereocenters. The molecule has 0 spiro atoms. The first-order valence-corrected chi connectivity index (χ1v) is 7.16. The fourth-order valence-corrected chi connectivity index (χ4v) is 3.60. The second-order valence-corrected chi connectivity index (χ2v) is 5.69. The second-order valence-electron chi connectivity index (χ2n) is 5.69. The lowest BCUT2D eigenvalue weighted by atomic mass is 9.67. The molecule has 1 aromatic rings. The standard InChI is InChI=1S/C16H20O3/c17-15(18)16(8-2-1-3-9-16)14-6-4-5-12-7-10-19-11-13(12)14/h4-6H,1-3,7-11H2,(H,17,18). The van der Waals surface area contributed by atoms with E-state index < -0.39 is 11.4 Å². The molecule has 102 valence electrons. The minimum absolute atomic E-state index is 0.570. The van der Waals surface area contributed by atoms with Crippen LogP contribution in [0.2, 0.25) is 0 Å². The third kappa shape index (κ3) is 2.06. The summed E-state index contributed by atoms with van der Waals surface area (Å²) in [5, 5.41) is 9.80. The van der Waals surface area contributed by atoms with Crippen LogP contribution in [0.15, 0.2) is 18.2 Å². The van der Waals surface area contributed by atoms with Crippen LogP contribution in [-0.2, 0) is 28.0 Å². The summed E-state index contributed by atoms with van der Waals surface area (Å²) < 4.78 is 5.56. The van der Waals surface area contributed by atoms with Gasteiger partial charge >= 0.3 is 5.97 Å². The molecule has 1 heterocycles. The van der Waals surface area contributed by atoms with Gasteiger partial charge < -0.3 is 9.84 Å². The molecule has 3 nitrogen and oxygen atoms in total. The number of carboxylic acids is 1. The van der Waals surface area contributed by atoms with Gasteiger partial charge in [0.2, 0.25) is 0 Å². The van der Waals surface area contributed by atoms with Crippen LogP contribution in [0.4, 0.5) is 0 Å². The lowest BCUT2D eigenvalue weighted by molar-refractivity contribution is -0.145. The van der Waals surface area contributed by atoms with E-state index in [1.807, 2.05) is 12.1 Å². The highest BCUT2D eigenvalue weighted by Crippen LogP contribution is 2.42. The van der Waals surface area contributed by atoms with Crippen molar-refractivity contribution in [2.24, 2.45) is 0 Å². The molecule has 1 saturated carbocycles. The third-order valence-corrected chi connectivity index (χ3v) is 4.67. The van der Waals surface area contributed by atoms with Crippen molar-refractivity contribution in [3.63, 3.8) is 0 Å². The van der Waals surface area contributed by atoms with Gasteiger partial charge in [-0.15, -0.1) is 0 Å². The highest BCUT2D eigenvalue weighted by atomic mass is 16.5. The van der Waals surface area contributed by atoms with Crippen molar-refractivity contribution in [2.75, 3.05) is 6.61 Å². The molecule has 1 aliphatic carbocycles. The van der Waals surface area contributed by atoms with Crippen LogP contribution in [0.1, 0.15) is 48.8 Å². The molecule has 1 fully saturated rings. The highest BCUT2D eigenvalue weighted by molar-refractivity contribution is 5.82. The number of fused-ring (bicyclic) bond motifs is 1. The molecule has 2 aliphatic rings. The molecule has 0 amide bonds. The van der Waals surface area contributed by atoms with Gasteiger partial charge in [-0.25, -0.2) is 0 Å². The molecule has 0 bridgehead atoms. The quantitative estimate of drug-likeness (QED) is 0.889. The van der Waals surface area contributed by atoms with Crippen molar-refractivity contribution >= 4 is 5.97 Å². The number of hydrogen-bond acceptors (Lipinski definition) is 2. The minimum Gasteiger partial charge on any atom is -0.481 e. The van der Waals surface area contributed by atoms with E-state index in [1.165, 1.54) is 5.56 Å². The summed E-state index contributed by atoms with van der Waals surface area (Å²) in [4.78, 5) is 11.9. The Balaban J connectivity index is 2.10. The van der Waals surface area contributed by atoms with Crippen LogP contribution < -0.4 is 0 Å². The Morgan fingerprint density at radius 1 is 1.21 bits per heavy atom. The molecule has 1 aliphatic heterocycles. The van der Waals surface area contributed by atoms with Crippen molar-refractivity contribution in [2.45, 2.75) is 50.5 Å². The van der Waals surface area contributed by atoms with Crippen LogP contribution in [0, 0.1) is 0 Å². The summed E-state index contributed by atoms with van der Waals surface area (Å²) in [6, 6.07) is 6.13. The van der Waals surface area contributed by atoms with Crippen molar-refractivity contribution in [1.82, 2.24) is 0 Å². The van der Waals surface area contributed by atoms with Gasteiger partial charge in [0.25, 0.3) is 0 Å². The minimum atomic E-state index is -0.676. The maximum absolute atomic E-state index is 11.9. The van der Waals surface area contributed by atoms with E-state index in [2.05, 4.69) is 6.07 Å². The number of benzene rings is 1. The Hall–Kier alpha value is -1.35. The summed E-state index contributed by atoms with van der Waals surface area (Å²) >= 11 is 0. The van der Waals surface area contributed by atoms with Gasteiger partial charge in [0.05, 0.1) is 18.6 Å². The first-order chi connectivity index (χ1) is 9.24.